The highest BCUT2D eigenvalue weighted by Gasteiger charge is 2.26. The standard InChI is InChI=1S/C67H116NO8P/c1-3-5-7-9-11-13-15-17-19-21-23-24-25-26-27-28-29-30-31-32-33-34-35-36-37-38-39-40-42-43-45-47-49-51-53-55-57-59-66(69)73-63-65(64-75-77(71,72)74-62-61-68)76-67(70)60-58-56-54-52-50-48-46-44-41-22-20-18-16-14-12-10-8-6-4-2/h5-8,11-14,17-20,23-24,41,44,48,50,65H,3-4,9-10,15-16,21-22,25-40,42-43,45-47,49,51-64,68H2,1-2H3,(H,71,72)/b7-5-,8-6-,13-11-,14-12-,19-17-,20-18-,24-23-,44-41-,50-48-. The maximum atomic E-state index is 12.7. The Balaban J connectivity index is 3.86. The average molecular weight is 1090 g/mol. The Kier molecular flexibility index (Phi) is 59.2. The minimum absolute atomic E-state index is 0.0441. The van der Waals surface area contributed by atoms with Crippen LogP contribution >= 0.6 is 7.82 Å². The highest BCUT2D eigenvalue weighted by atomic mass is 31.2. The molecule has 0 amide bonds. The molecule has 10 heteroatoms. The first kappa shape index (κ1) is 73.7. The Labute approximate surface area is 473 Å². The molecule has 77 heavy (non-hydrogen) atoms. The molecule has 0 saturated heterocycles. The molecule has 0 bridgehead atoms. The number of nitrogens with two attached hydrogens (primary N) is 1. The predicted molar refractivity (Wildman–Crippen MR) is 330 cm³/mol. The average Bonchev–Trinajstić information content (AvgIpc) is 3.42. The minimum Gasteiger partial charge on any atom is -0.462 e. The summed E-state index contributed by atoms with van der Waals surface area (Å²) in [5.74, 6) is -0.862. The molecule has 0 aromatic rings. The molecule has 0 aliphatic rings. The number of rotatable bonds is 58. The summed E-state index contributed by atoms with van der Waals surface area (Å²) in [6.45, 7) is 3.49. The topological polar surface area (TPSA) is 134 Å². The van der Waals surface area contributed by atoms with Crippen molar-refractivity contribution in [3.05, 3.63) is 109 Å². The first-order valence-electron chi connectivity index (χ1n) is 31.4. The molecular formula is C67H116NO8P. The fraction of sp³-hybridized carbons (Fsp3) is 0.701. The van der Waals surface area contributed by atoms with Gasteiger partial charge in [-0.3, -0.25) is 18.6 Å². The second-order valence-electron chi connectivity index (χ2n) is 20.5. The van der Waals surface area contributed by atoms with Gasteiger partial charge in [-0.25, -0.2) is 4.57 Å². The normalized spacial score (nSPS) is 13.8. The number of phosphoric acid groups is 1. The number of carbonyl (C=O) groups is 2. The number of hydrogen-bond acceptors (Lipinski definition) is 8. The molecule has 9 nitrogen and oxygen atoms in total. The van der Waals surface area contributed by atoms with Gasteiger partial charge in [-0.1, -0.05) is 271 Å². The minimum atomic E-state index is -4.40. The smallest absolute Gasteiger partial charge is 0.462 e. The SMILES string of the molecule is CC/C=C\C/C=C\C/C=C\C/C=C\C/C=C\CCCCCC(=O)OC(COC(=O)CCCCCCCCCCCCCCCCCCCCCCCCCC/C=C\C/C=C\C/C=C\C/C=C\CC)COP(=O)(O)OCCN. The molecule has 0 saturated carbocycles. The summed E-state index contributed by atoms with van der Waals surface area (Å²) >= 11 is 0. The molecule has 0 aliphatic heterocycles. The zero-order valence-electron chi connectivity index (χ0n) is 49.4. The zero-order valence-corrected chi connectivity index (χ0v) is 50.3. The molecule has 0 heterocycles. The highest BCUT2D eigenvalue weighted by Crippen LogP contribution is 2.43. The van der Waals surface area contributed by atoms with Gasteiger partial charge in [-0.15, -0.1) is 0 Å². The third-order valence-corrected chi connectivity index (χ3v) is 14.1. The molecular weight excluding hydrogens is 978 g/mol. The number of esters is 2. The number of allylic oxidation sites excluding steroid dienone is 18. The lowest BCUT2D eigenvalue weighted by atomic mass is 10.0. The van der Waals surface area contributed by atoms with E-state index in [2.05, 4.69) is 123 Å². The van der Waals surface area contributed by atoms with Crippen LogP contribution in [0.5, 0.6) is 0 Å². The Bertz CT molecular complexity index is 1630. The fourth-order valence-corrected chi connectivity index (χ4v) is 9.36. The molecule has 0 aromatic carbocycles. The number of unbranched alkanes of at least 4 members (excludes halogenated alkanes) is 27. The summed E-state index contributed by atoms with van der Waals surface area (Å²) in [4.78, 5) is 35.2. The second-order valence-corrected chi connectivity index (χ2v) is 22.0. The van der Waals surface area contributed by atoms with Crippen LogP contribution in [-0.4, -0.2) is 49.3 Å². The van der Waals surface area contributed by atoms with Crippen molar-refractivity contribution in [2.24, 2.45) is 5.73 Å². The van der Waals surface area contributed by atoms with E-state index in [0.29, 0.717) is 6.42 Å². The van der Waals surface area contributed by atoms with Crippen molar-refractivity contribution in [1.29, 1.82) is 0 Å². The molecule has 0 spiro atoms. The van der Waals surface area contributed by atoms with E-state index in [4.69, 9.17) is 24.3 Å². The summed E-state index contributed by atoms with van der Waals surface area (Å²) in [5.41, 5.74) is 5.38. The maximum absolute atomic E-state index is 12.7. The molecule has 0 fully saturated rings. The third kappa shape index (κ3) is 61.7. The van der Waals surface area contributed by atoms with Gasteiger partial charge in [0.2, 0.25) is 0 Å². The summed E-state index contributed by atoms with van der Waals surface area (Å²) < 4.78 is 33.0. The van der Waals surface area contributed by atoms with Crippen LogP contribution < -0.4 is 5.73 Å². The summed E-state index contributed by atoms with van der Waals surface area (Å²) in [7, 11) is -4.40. The Morgan fingerprint density at radius 3 is 1.01 bits per heavy atom. The Morgan fingerprint density at radius 1 is 0.390 bits per heavy atom. The van der Waals surface area contributed by atoms with Crippen LogP contribution in [-0.2, 0) is 32.7 Å². The molecule has 442 valence electrons. The van der Waals surface area contributed by atoms with Crippen LogP contribution in [0.15, 0.2) is 109 Å². The van der Waals surface area contributed by atoms with Crippen LogP contribution in [0, 0.1) is 0 Å². The van der Waals surface area contributed by atoms with Crippen molar-refractivity contribution >= 4 is 19.8 Å². The van der Waals surface area contributed by atoms with E-state index in [9.17, 15) is 19.0 Å². The van der Waals surface area contributed by atoms with E-state index in [-0.39, 0.29) is 38.6 Å². The first-order chi connectivity index (χ1) is 37.8. The van der Waals surface area contributed by atoms with Crippen LogP contribution in [0.2, 0.25) is 0 Å². The molecule has 2 unspecified atom stereocenters. The largest absolute Gasteiger partial charge is 0.472 e. The van der Waals surface area contributed by atoms with E-state index in [1.807, 2.05) is 0 Å². The lowest BCUT2D eigenvalue weighted by Gasteiger charge is -2.19. The van der Waals surface area contributed by atoms with Crippen molar-refractivity contribution in [2.75, 3.05) is 26.4 Å². The fourth-order valence-electron chi connectivity index (χ4n) is 8.60. The van der Waals surface area contributed by atoms with Crippen LogP contribution in [0.1, 0.15) is 271 Å². The molecule has 3 N–H and O–H groups in total. The van der Waals surface area contributed by atoms with Gasteiger partial charge in [-0.2, -0.15) is 0 Å². The quantitative estimate of drug-likeness (QED) is 0.0264. The number of carbonyl (C=O) groups excluding carboxylic acids is 2. The first-order valence-corrected chi connectivity index (χ1v) is 32.9. The molecule has 2 atom stereocenters. The van der Waals surface area contributed by atoms with Gasteiger partial charge in [-0.05, 0) is 96.3 Å². The van der Waals surface area contributed by atoms with Gasteiger partial charge in [0.1, 0.15) is 6.61 Å². The highest BCUT2D eigenvalue weighted by molar-refractivity contribution is 7.47. The van der Waals surface area contributed by atoms with Gasteiger partial charge in [0.15, 0.2) is 6.10 Å². The molecule has 0 radical (unpaired) electrons. The van der Waals surface area contributed by atoms with Gasteiger partial charge < -0.3 is 20.1 Å². The van der Waals surface area contributed by atoms with Gasteiger partial charge in [0, 0.05) is 19.4 Å². The molecule has 0 aliphatic carbocycles. The van der Waals surface area contributed by atoms with Crippen LogP contribution in [0.25, 0.3) is 0 Å². The van der Waals surface area contributed by atoms with E-state index < -0.39 is 26.5 Å². The Morgan fingerprint density at radius 2 is 0.675 bits per heavy atom. The lowest BCUT2D eigenvalue weighted by molar-refractivity contribution is -0.161. The van der Waals surface area contributed by atoms with E-state index >= 15 is 0 Å². The van der Waals surface area contributed by atoms with Gasteiger partial charge in [0.25, 0.3) is 0 Å². The maximum Gasteiger partial charge on any atom is 0.472 e. The summed E-state index contributed by atoms with van der Waals surface area (Å²) in [5, 5.41) is 0. The van der Waals surface area contributed by atoms with E-state index in [1.165, 1.54) is 141 Å². The monoisotopic (exact) mass is 1090 g/mol. The molecule has 0 aromatic heterocycles. The van der Waals surface area contributed by atoms with E-state index in [0.717, 1.165) is 96.3 Å². The number of ether oxygens (including phenoxy) is 2. The number of phosphoric ester groups is 1. The van der Waals surface area contributed by atoms with Crippen molar-refractivity contribution in [3.63, 3.8) is 0 Å². The van der Waals surface area contributed by atoms with Crippen molar-refractivity contribution in [2.45, 2.75) is 277 Å². The predicted octanol–water partition coefficient (Wildman–Crippen LogP) is 20.2. The van der Waals surface area contributed by atoms with Crippen LogP contribution in [0.4, 0.5) is 0 Å². The van der Waals surface area contributed by atoms with E-state index in [1.54, 1.807) is 0 Å². The van der Waals surface area contributed by atoms with Crippen molar-refractivity contribution in [3.8, 4) is 0 Å². The summed E-state index contributed by atoms with van der Waals surface area (Å²) in [6, 6.07) is 0. The third-order valence-electron chi connectivity index (χ3n) is 13.2. The number of hydrogen-bond donors (Lipinski definition) is 2. The van der Waals surface area contributed by atoms with Gasteiger partial charge in [0.05, 0.1) is 13.2 Å². The summed E-state index contributed by atoms with van der Waals surface area (Å²) in [6.07, 6.45) is 84.7. The van der Waals surface area contributed by atoms with Crippen molar-refractivity contribution < 1.29 is 37.6 Å². The van der Waals surface area contributed by atoms with Crippen LogP contribution in [0.3, 0.4) is 0 Å². The zero-order chi connectivity index (χ0) is 55.9. The van der Waals surface area contributed by atoms with Crippen molar-refractivity contribution in [1.82, 2.24) is 0 Å². The molecule has 0 rings (SSSR count). The Hall–Kier alpha value is -3.33. The lowest BCUT2D eigenvalue weighted by Crippen LogP contribution is -2.29. The van der Waals surface area contributed by atoms with Gasteiger partial charge >= 0.3 is 19.8 Å². The second kappa shape index (κ2) is 61.9.